The van der Waals surface area contributed by atoms with E-state index in [1.165, 1.54) is 38.5 Å². The Balaban J connectivity index is 1.68. The van der Waals surface area contributed by atoms with E-state index < -0.39 is 0 Å². The lowest BCUT2D eigenvalue weighted by molar-refractivity contribution is 0.0609. The van der Waals surface area contributed by atoms with Crippen LogP contribution >= 0.6 is 0 Å². The Morgan fingerprint density at radius 3 is 2.81 bits per heavy atom. The van der Waals surface area contributed by atoms with E-state index in [0.29, 0.717) is 12.1 Å². The van der Waals surface area contributed by atoms with E-state index in [9.17, 15) is 0 Å². The summed E-state index contributed by atoms with van der Waals surface area (Å²) in [5.74, 6) is 0.879. The molecule has 1 heterocycles. The third-order valence-electron chi connectivity index (χ3n) is 3.78. The first-order valence-corrected chi connectivity index (χ1v) is 6.85. The monoisotopic (exact) mass is 223 g/mol. The summed E-state index contributed by atoms with van der Waals surface area (Å²) < 4.78 is 5.40. The first kappa shape index (κ1) is 12.1. The van der Waals surface area contributed by atoms with Gasteiger partial charge in [0.2, 0.25) is 0 Å². The van der Waals surface area contributed by atoms with E-state index in [-0.39, 0.29) is 0 Å². The van der Waals surface area contributed by atoms with Crippen molar-refractivity contribution in [2.45, 2.75) is 57.5 Å². The molecule has 0 aromatic rings. The molecule has 0 saturated carbocycles. The van der Waals surface area contributed by atoms with Gasteiger partial charge in [0, 0.05) is 25.3 Å². The molecular formula is C14H25NO. The zero-order chi connectivity index (χ0) is 11.2. The van der Waals surface area contributed by atoms with Crippen molar-refractivity contribution in [1.82, 2.24) is 5.32 Å². The molecule has 2 rings (SSSR count). The van der Waals surface area contributed by atoms with E-state index >= 15 is 0 Å². The van der Waals surface area contributed by atoms with Gasteiger partial charge < -0.3 is 10.1 Å². The van der Waals surface area contributed by atoms with Crippen molar-refractivity contribution < 1.29 is 4.74 Å². The minimum atomic E-state index is 0.628. The third kappa shape index (κ3) is 3.91. The molecule has 0 spiro atoms. The average molecular weight is 223 g/mol. The Bertz CT molecular complexity index is 221. The first-order valence-electron chi connectivity index (χ1n) is 6.85. The molecule has 1 aliphatic carbocycles. The van der Waals surface area contributed by atoms with Crippen molar-refractivity contribution in [1.29, 1.82) is 0 Å². The molecule has 92 valence electrons. The van der Waals surface area contributed by atoms with E-state index in [1.54, 1.807) is 0 Å². The van der Waals surface area contributed by atoms with E-state index in [4.69, 9.17) is 4.74 Å². The molecular weight excluding hydrogens is 198 g/mol. The number of allylic oxidation sites excluding steroid dienone is 1. The normalized spacial score (nSPS) is 29.2. The Morgan fingerprint density at radius 1 is 1.31 bits per heavy atom. The summed E-state index contributed by atoms with van der Waals surface area (Å²) in [6.45, 7) is 4.28. The summed E-state index contributed by atoms with van der Waals surface area (Å²) in [7, 11) is 0. The summed E-state index contributed by atoms with van der Waals surface area (Å²) in [5.41, 5.74) is 0. The standard InChI is InChI=1S/C14H25NO/c1-12(11-13-7-9-16-10-8-13)15-14-5-3-2-4-6-14/h3,5,12-15H,2,4,6-11H2,1H3. The lowest BCUT2D eigenvalue weighted by Gasteiger charge is -2.28. The van der Waals surface area contributed by atoms with Gasteiger partial charge in [-0.1, -0.05) is 12.2 Å². The number of hydrogen-bond acceptors (Lipinski definition) is 2. The largest absolute Gasteiger partial charge is 0.381 e. The molecule has 1 saturated heterocycles. The zero-order valence-corrected chi connectivity index (χ0v) is 10.5. The Morgan fingerprint density at radius 2 is 2.12 bits per heavy atom. The maximum atomic E-state index is 5.40. The van der Waals surface area contributed by atoms with Crippen molar-refractivity contribution >= 4 is 0 Å². The van der Waals surface area contributed by atoms with Crippen LogP contribution < -0.4 is 5.32 Å². The zero-order valence-electron chi connectivity index (χ0n) is 10.5. The number of rotatable bonds is 4. The van der Waals surface area contributed by atoms with Crippen LogP contribution in [-0.2, 0) is 4.74 Å². The van der Waals surface area contributed by atoms with Crippen LogP contribution in [0.2, 0.25) is 0 Å². The van der Waals surface area contributed by atoms with Crippen molar-refractivity contribution in [3.63, 3.8) is 0 Å². The number of ether oxygens (including phenoxy) is 1. The second-order valence-corrected chi connectivity index (χ2v) is 5.32. The quantitative estimate of drug-likeness (QED) is 0.740. The van der Waals surface area contributed by atoms with Crippen LogP contribution in [0.1, 0.15) is 45.4 Å². The van der Waals surface area contributed by atoms with Crippen LogP contribution in [0.15, 0.2) is 12.2 Å². The Labute approximate surface area is 99.4 Å². The molecule has 2 atom stereocenters. The van der Waals surface area contributed by atoms with Gasteiger partial charge in [-0.05, 0) is 51.4 Å². The second-order valence-electron chi connectivity index (χ2n) is 5.32. The maximum Gasteiger partial charge on any atom is 0.0468 e. The van der Waals surface area contributed by atoms with Gasteiger partial charge in [0.15, 0.2) is 0 Å². The predicted molar refractivity (Wildman–Crippen MR) is 67.5 cm³/mol. The molecule has 2 nitrogen and oxygen atoms in total. The van der Waals surface area contributed by atoms with Crippen molar-refractivity contribution in [3.8, 4) is 0 Å². The Hall–Kier alpha value is -0.340. The van der Waals surface area contributed by atoms with Crippen LogP contribution in [0.5, 0.6) is 0 Å². The van der Waals surface area contributed by atoms with Gasteiger partial charge in [0.1, 0.15) is 0 Å². The highest BCUT2D eigenvalue weighted by atomic mass is 16.5. The highest BCUT2D eigenvalue weighted by Gasteiger charge is 2.18. The smallest absolute Gasteiger partial charge is 0.0468 e. The summed E-state index contributed by atoms with van der Waals surface area (Å²) >= 11 is 0. The fourth-order valence-corrected chi connectivity index (χ4v) is 2.87. The molecule has 1 N–H and O–H groups in total. The van der Waals surface area contributed by atoms with Gasteiger partial charge in [0.25, 0.3) is 0 Å². The van der Waals surface area contributed by atoms with Crippen molar-refractivity contribution in [2.75, 3.05) is 13.2 Å². The lowest BCUT2D eigenvalue weighted by Crippen LogP contribution is -2.37. The average Bonchev–Trinajstić information content (AvgIpc) is 2.31. The van der Waals surface area contributed by atoms with Crippen LogP contribution in [0.3, 0.4) is 0 Å². The van der Waals surface area contributed by atoms with Gasteiger partial charge >= 0.3 is 0 Å². The number of nitrogens with one attached hydrogen (secondary N) is 1. The van der Waals surface area contributed by atoms with Crippen LogP contribution in [0.25, 0.3) is 0 Å². The molecule has 16 heavy (non-hydrogen) atoms. The molecule has 2 aliphatic rings. The van der Waals surface area contributed by atoms with E-state index in [1.807, 2.05) is 0 Å². The fraction of sp³-hybridized carbons (Fsp3) is 0.857. The van der Waals surface area contributed by atoms with Crippen molar-refractivity contribution in [3.05, 3.63) is 12.2 Å². The van der Waals surface area contributed by atoms with Crippen LogP contribution in [0, 0.1) is 5.92 Å². The van der Waals surface area contributed by atoms with Gasteiger partial charge in [0.05, 0.1) is 0 Å². The SMILES string of the molecule is CC(CC1CCOCC1)NC1C=CCCC1. The summed E-state index contributed by atoms with van der Waals surface area (Å²) in [6.07, 6.45) is 12.4. The minimum Gasteiger partial charge on any atom is -0.381 e. The van der Waals surface area contributed by atoms with E-state index in [0.717, 1.165) is 19.1 Å². The van der Waals surface area contributed by atoms with Gasteiger partial charge in [-0.25, -0.2) is 0 Å². The van der Waals surface area contributed by atoms with Crippen LogP contribution in [0.4, 0.5) is 0 Å². The molecule has 0 amide bonds. The minimum absolute atomic E-state index is 0.628. The molecule has 2 unspecified atom stereocenters. The number of hydrogen-bond donors (Lipinski definition) is 1. The van der Waals surface area contributed by atoms with Crippen molar-refractivity contribution in [2.24, 2.45) is 5.92 Å². The Kier molecular flexibility index (Phi) is 4.86. The fourth-order valence-electron chi connectivity index (χ4n) is 2.87. The second kappa shape index (κ2) is 6.41. The molecule has 0 radical (unpaired) electrons. The van der Waals surface area contributed by atoms with E-state index in [2.05, 4.69) is 24.4 Å². The lowest BCUT2D eigenvalue weighted by atomic mass is 9.92. The van der Waals surface area contributed by atoms with Gasteiger partial charge in [-0.3, -0.25) is 0 Å². The third-order valence-corrected chi connectivity index (χ3v) is 3.78. The molecule has 0 bridgehead atoms. The first-order chi connectivity index (χ1) is 7.84. The summed E-state index contributed by atoms with van der Waals surface area (Å²) in [6, 6.07) is 1.28. The molecule has 2 heteroatoms. The molecule has 1 fully saturated rings. The summed E-state index contributed by atoms with van der Waals surface area (Å²) in [4.78, 5) is 0. The summed E-state index contributed by atoms with van der Waals surface area (Å²) in [5, 5.41) is 3.74. The molecule has 1 aliphatic heterocycles. The molecule has 0 aromatic carbocycles. The maximum absolute atomic E-state index is 5.40. The molecule has 0 aromatic heterocycles. The topological polar surface area (TPSA) is 21.3 Å². The van der Waals surface area contributed by atoms with Crippen LogP contribution in [-0.4, -0.2) is 25.3 Å². The highest BCUT2D eigenvalue weighted by molar-refractivity contribution is 4.98. The predicted octanol–water partition coefficient (Wildman–Crippen LogP) is 2.89. The van der Waals surface area contributed by atoms with Gasteiger partial charge in [-0.2, -0.15) is 0 Å². The van der Waals surface area contributed by atoms with Gasteiger partial charge in [-0.15, -0.1) is 0 Å². The highest BCUT2D eigenvalue weighted by Crippen LogP contribution is 2.21.